The molecule has 1 aliphatic heterocycles. The fourth-order valence-electron chi connectivity index (χ4n) is 4.08. The van der Waals surface area contributed by atoms with Crippen molar-refractivity contribution in [1.82, 2.24) is 10.0 Å². The molecule has 1 saturated heterocycles. The van der Waals surface area contributed by atoms with E-state index in [0.29, 0.717) is 0 Å². The lowest BCUT2D eigenvalue weighted by atomic mass is 9.89. The number of hydrogen-bond donors (Lipinski definition) is 0. The predicted molar refractivity (Wildman–Crippen MR) is 113 cm³/mol. The molecule has 0 N–H and O–H groups in total. The third kappa shape index (κ3) is 3.34. The molecule has 2 amide bonds. The standard InChI is InChI=1S/C24H24N2O4/c1-3-29-23(27)25-19-15-16-20(26(25)24(28)30-4-2)22(19)21(17-11-7-5-8-12-17)18-13-9-6-10-14-18/h5-16,19-20H,3-4H2,1-2H3/t19-,20+. The van der Waals surface area contributed by atoms with Crippen LogP contribution in [0.25, 0.3) is 5.57 Å². The van der Waals surface area contributed by atoms with Gasteiger partial charge in [-0.3, -0.25) is 0 Å². The van der Waals surface area contributed by atoms with E-state index >= 15 is 0 Å². The number of hydrogen-bond acceptors (Lipinski definition) is 4. The van der Waals surface area contributed by atoms with E-state index in [9.17, 15) is 9.59 Å². The summed E-state index contributed by atoms with van der Waals surface area (Å²) in [6, 6.07) is 19.2. The molecule has 6 nitrogen and oxygen atoms in total. The molecule has 2 atom stereocenters. The van der Waals surface area contributed by atoms with Crippen LogP contribution in [-0.4, -0.2) is 47.5 Å². The lowest BCUT2D eigenvalue weighted by Gasteiger charge is -2.32. The van der Waals surface area contributed by atoms with Crippen LogP contribution in [0.5, 0.6) is 0 Å². The Labute approximate surface area is 176 Å². The summed E-state index contributed by atoms with van der Waals surface area (Å²) in [4.78, 5) is 25.6. The molecule has 2 aromatic rings. The van der Waals surface area contributed by atoms with E-state index in [-0.39, 0.29) is 13.2 Å². The SMILES string of the molecule is CCOC(=O)N1[C@@H]2C=C[C@@H](C2=C(c2ccccc2)c2ccccc2)N1C(=O)OCC. The lowest BCUT2D eigenvalue weighted by Crippen LogP contribution is -2.52. The first kappa shape index (κ1) is 19.8. The Morgan fingerprint density at radius 1 is 0.733 bits per heavy atom. The summed E-state index contributed by atoms with van der Waals surface area (Å²) < 4.78 is 10.5. The molecule has 0 radical (unpaired) electrons. The second-order valence-electron chi connectivity index (χ2n) is 6.92. The topological polar surface area (TPSA) is 59.1 Å². The first-order valence-corrected chi connectivity index (χ1v) is 10.1. The number of carbonyl (C=O) groups excluding carboxylic acids is 2. The monoisotopic (exact) mass is 404 g/mol. The molecule has 0 unspecified atom stereocenters. The summed E-state index contributed by atoms with van der Waals surface area (Å²) in [5.41, 5.74) is 3.99. The summed E-state index contributed by atoms with van der Waals surface area (Å²) in [5.74, 6) is 0. The Hall–Kier alpha value is -3.54. The normalized spacial score (nSPS) is 19.2. The van der Waals surface area contributed by atoms with Crippen molar-refractivity contribution in [3.05, 3.63) is 89.5 Å². The highest BCUT2D eigenvalue weighted by atomic mass is 16.6. The van der Waals surface area contributed by atoms with Crippen molar-refractivity contribution in [2.24, 2.45) is 0 Å². The van der Waals surface area contributed by atoms with Gasteiger partial charge < -0.3 is 9.47 Å². The van der Waals surface area contributed by atoms with Crippen LogP contribution in [-0.2, 0) is 9.47 Å². The van der Waals surface area contributed by atoms with Gasteiger partial charge in [-0.25, -0.2) is 19.6 Å². The lowest BCUT2D eigenvalue weighted by molar-refractivity contribution is -0.0130. The molecule has 0 aromatic heterocycles. The van der Waals surface area contributed by atoms with Gasteiger partial charge in [0, 0.05) is 0 Å². The van der Waals surface area contributed by atoms with Crippen LogP contribution in [0.1, 0.15) is 25.0 Å². The number of fused-ring (bicyclic) bond motifs is 2. The Bertz CT molecular complexity index is 907. The number of amides is 2. The number of rotatable bonds is 4. The Balaban J connectivity index is 1.90. The smallest absolute Gasteiger partial charge is 0.429 e. The molecule has 30 heavy (non-hydrogen) atoms. The van der Waals surface area contributed by atoms with Gasteiger partial charge in [0.2, 0.25) is 0 Å². The van der Waals surface area contributed by atoms with Crippen molar-refractivity contribution in [2.75, 3.05) is 13.2 Å². The molecule has 6 heteroatoms. The van der Waals surface area contributed by atoms with Crippen LogP contribution in [0.2, 0.25) is 0 Å². The molecular weight excluding hydrogens is 380 g/mol. The van der Waals surface area contributed by atoms with E-state index in [0.717, 1.165) is 22.3 Å². The van der Waals surface area contributed by atoms with Gasteiger partial charge in [-0.05, 0) is 36.1 Å². The maximum atomic E-state index is 12.8. The maximum Gasteiger partial charge on any atom is 0.429 e. The summed E-state index contributed by atoms with van der Waals surface area (Å²) in [6.07, 6.45) is 2.75. The van der Waals surface area contributed by atoms with Crippen LogP contribution in [0.15, 0.2) is 78.4 Å². The quantitative estimate of drug-likeness (QED) is 0.697. The summed E-state index contributed by atoms with van der Waals surface area (Å²) in [7, 11) is 0. The molecule has 1 fully saturated rings. The van der Waals surface area contributed by atoms with Gasteiger partial charge in [0.25, 0.3) is 0 Å². The van der Waals surface area contributed by atoms with Crippen molar-refractivity contribution in [2.45, 2.75) is 25.9 Å². The highest BCUT2D eigenvalue weighted by Gasteiger charge is 2.52. The Morgan fingerprint density at radius 2 is 1.13 bits per heavy atom. The second kappa shape index (κ2) is 8.45. The second-order valence-corrected chi connectivity index (χ2v) is 6.92. The first-order valence-electron chi connectivity index (χ1n) is 10.1. The summed E-state index contributed by atoms with van der Waals surface area (Å²) in [6.45, 7) is 3.92. The first-order chi connectivity index (χ1) is 14.7. The molecule has 1 heterocycles. The molecule has 2 bridgehead atoms. The molecule has 0 saturated carbocycles. The van der Waals surface area contributed by atoms with E-state index in [1.165, 1.54) is 10.0 Å². The Kier molecular flexibility index (Phi) is 5.57. The van der Waals surface area contributed by atoms with E-state index < -0.39 is 24.3 Å². The van der Waals surface area contributed by atoms with Gasteiger partial charge in [0.15, 0.2) is 0 Å². The number of nitrogens with zero attached hydrogens (tertiary/aromatic N) is 2. The molecule has 2 aromatic carbocycles. The van der Waals surface area contributed by atoms with Gasteiger partial charge in [-0.15, -0.1) is 0 Å². The highest BCUT2D eigenvalue weighted by molar-refractivity contribution is 5.88. The molecule has 2 aliphatic rings. The van der Waals surface area contributed by atoms with Gasteiger partial charge in [-0.1, -0.05) is 72.8 Å². The zero-order valence-corrected chi connectivity index (χ0v) is 17.0. The minimum Gasteiger partial charge on any atom is -0.448 e. The zero-order valence-electron chi connectivity index (χ0n) is 17.0. The molecule has 4 rings (SSSR count). The van der Waals surface area contributed by atoms with Crippen molar-refractivity contribution in [3.63, 3.8) is 0 Å². The predicted octanol–water partition coefficient (Wildman–Crippen LogP) is 4.64. The molecule has 0 spiro atoms. The zero-order chi connectivity index (χ0) is 21.1. The average Bonchev–Trinajstić information content (AvgIpc) is 3.32. The van der Waals surface area contributed by atoms with E-state index in [2.05, 4.69) is 0 Å². The largest absolute Gasteiger partial charge is 0.448 e. The van der Waals surface area contributed by atoms with E-state index in [4.69, 9.17) is 9.47 Å². The molecular formula is C24H24N2O4. The van der Waals surface area contributed by atoms with Crippen LogP contribution >= 0.6 is 0 Å². The maximum absolute atomic E-state index is 12.8. The average molecular weight is 404 g/mol. The highest BCUT2D eigenvalue weighted by Crippen LogP contribution is 2.44. The van der Waals surface area contributed by atoms with Gasteiger partial charge in [0.1, 0.15) is 0 Å². The third-order valence-corrected chi connectivity index (χ3v) is 5.20. The van der Waals surface area contributed by atoms with Crippen molar-refractivity contribution in [3.8, 4) is 0 Å². The van der Waals surface area contributed by atoms with Crippen molar-refractivity contribution >= 4 is 17.8 Å². The van der Waals surface area contributed by atoms with E-state index in [1.54, 1.807) is 13.8 Å². The summed E-state index contributed by atoms with van der Waals surface area (Å²) in [5, 5.41) is 2.74. The van der Waals surface area contributed by atoms with Gasteiger partial charge in [0.05, 0.1) is 25.3 Å². The van der Waals surface area contributed by atoms with Crippen LogP contribution in [0, 0.1) is 0 Å². The number of carbonyl (C=O) groups is 2. The van der Waals surface area contributed by atoms with Crippen LogP contribution < -0.4 is 0 Å². The minimum atomic E-state index is -0.569. The van der Waals surface area contributed by atoms with Crippen LogP contribution in [0.3, 0.4) is 0 Å². The van der Waals surface area contributed by atoms with Crippen LogP contribution in [0.4, 0.5) is 9.59 Å². The number of ether oxygens (including phenoxy) is 2. The van der Waals surface area contributed by atoms with Crippen molar-refractivity contribution in [1.29, 1.82) is 0 Å². The van der Waals surface area contributed by atoms with Gasteiger partial charge >= 0.3 is 12.2 Å². The molecule has 1 aliphatic carbocycles. The van der Waals surface area contributed by atoms with E-state index in [1.807, 2.05) is 72.8 Å². The fraction of sp³-hybridized carbons (Fsp3) is 0.250. The minimum absolute atomic E-state index is 0.219. The third-order valence-electron chi connectivity index (χ3n) is 5.20. The van der Waals surface area contributed by atoms with Gasteiger partial charge in [-0.2, -0.15) is 0 Å². The summed E-state index contributed by atoms with van der Waals surface area (Å²) >= 11 is 0. The van der Waals surface area contributed by atoms with Crippen molar-refractivity contribution < 1.29 is 19.1 Å². The number of benzene rings is 2. The number of hydrazine groups is 1. The Morgan fingerprint density at radius 3 is 1.50 bits per heavy atom. The molecule has 154 valence electrons. The fourth-order valence-corrected chi connectivity index (χ4v) is 4.08.